The summed E-state index contributed by atoms with van der Waals surface area (Å²) in [5.74, 6) is 0.210. The molecule has 92 valence electrons. The Morgan fingerprint density at radius 1 is 1.47 bits per heavy atom. The van der Waals surface area contributed by atoms with Gasteiger partial charge < -0.3 is 14.4 Å². The summed E-state index contributed by atoms with van der Waals surface area (Å²) < 4.78 is 5.14. The van der Waals surface area contributed by atoms with E-state index in [1.807, 2.05) is 6.07 Å². The SMILES string of the molecule is O=C(O)CC1CN(C(=O)CCc2ccco2)C1. The van der Waals surface area contributed by atoms with Gasteiger partial charge in [-0.3, -0.25) is 9.59 Å². The van der Waals surface area contributed by atoms with Crippen LogP contribution in [0.15, 0.2) is 22.8 Å². The quantitative estimate of drug-likeness (QED) is 0.833. The lowest BCUT2D eigenvalue weighted by Crippen LogP contribution is -2.50. The highest BCUT2D eigenvalue weighted by Crippen LogP contribution is 2.20. The van der Waals surface area contributed by atoms with Crippen molar-refractivity contribution in [3.05, 3.63) is 24.2 Å². The fraction of sp³-hybridized carbons (Fsp3) is 0.500. The lowest BCUT2D eigenvalue weighted by atomic mass is 9.96. The smallest absolute Gasteiger partial charge is 0.303 e. The van der Waals surface area contributed by atoms with Gasteiger partial charge in [0.1, 0.15) is 5.76 Å². The average Bonchev–Trinajstić information content (AvgIpc) is 2.71. The maximum absolute atomic E-state index is 11.7. The summed E-state index contributed by atoms with van der Waals surface area (Å²) in [7, 11) is 0. The molecule has 0 spiro atoms. The van der Waals surface area contributed by atoms with E-state index in [1.165, 1.54) is 0 Å². The third-order valence-electron chi connectivity index (χ3n) is 2.94. The fourth-order valence-corrected chi connectivity index (χ4v) is 1.99. The monoisotopic (exact) mass is 237 g/mol. The Morgan fingerprint density at radius 2 is 2.24 bits per heavy atom. The predicted molar refractivity (Wildman–Crippen MR) is 59.4 cm³/mol. The summed E-state index contributed by atoms with van der Waals surface area (Å²) in [5, 5.41) is 8.59. The van der Waals surface area contributed by atoms with E-state index in [2.05, 4.69) is 0 Å². The zero-order valence-electron chi connectivity index (χ0n) is 9.46. The number of rotatable bonds is 5. The van der Waals surface area contributed by atoms with Gasteiger partial charge in [0.15, 0.2) is 0 Å². The number of nitrogens with zero attached hydrogens (tertiary/aromatic N) is 1. The number of carboxylic acids is 1. The van der Waals surface area contributed by atoms with Gasteiger partial charge in [0.25, 0.3) is 0 Å². The van der Waals surface area contributed by atoms with Crippen molar-refractivity contribution in [3.8, 4) is 0 Å². The first-order valence-electron chi connectivity index (χ1n) is 5.67. The van der Waals surface area contributed by atoms with Crippen LogP contribution in [0.4, 0.5) is 0 Å². The number of carboxylic acid groups (broad SMARTS) is 1. The first-order valence-corrected chi connectivity index (χ1v) is 5.67. The van der Waals surface area contributed by atoms with Crippen LogP contribution in [0.1, 0.15) is 18.6 Å². The molecule has 0 unspecified atom stereocenters. The molecule has 2 rings (SSSR count). The van der Waals surface area contributed by atoms with Crippen molar-refractivity contribution in [2.75, 3.05) is 13.1 Å². The van der Waals surface area contributed by atoms with Crippen LogP contribution in [0, 0.1) is 5.92 Å². The third-order valence-corrected chi connectivity index (χ3v) is 2.94. The van der Waals surface area contributed by atoms with E-state index in [-0.39, 0.29) is 18.2 Å². The molecule has 1 N–H and O–H groups in total. The van der Waals surface area contributed by atoms with Gasteiger partial charge >= 0.3 is 5.97 Å². The highest BCUT2D eigenvalue weighted by atomic mass is 16.4. The van der Waals surface area contributed by atoms with E-state index >= 15 is 0 Å². The van der Waals surface area contributed by atoms with E-state index in [0.29, 0.717) is 25.9 Å². The van der Waals surface area contributed by atoms with Crippen molar-refractivity contribution in [1.82, 2.24) is 4.90 Å². The van der Waals surface area contributed by atoms with Crippen LogP contribution >= 0.6 is 0 Å². The van der Waals surface area contributed by atoms with Crippen molar-refractivity contribution in [3.63, 3.8) is 0 Å². The van der Waals surface area contributed by atoms with E-state index < -0.39 is 5.97 Å². The molecule has 0 radical (unpaired) electrons. The summed E-state index contributed by atoms with van der Waals surface area (Å²) in [6.45, 7) is 1.15. The number of carbonyl (C=O) groups excluding carboxylic acids is 1. The van der Waals surface area contributed by atoms with E-state index in [1.54, 1.807) is 17.2 Å². The number of aryl methyl sites for hydroxylation is 1. The second kappa shape index (κ2) is 5.03. The van der Waals surface area contributed by atoms with Crippen molar-refractivity contribution in [2.45, 2.75) is 19.3 Å². The normalized spacial score (nSPS) is 15.6. The Bertz CT molecular complexity index is 393. The van der Waals surface area contributed by atoms with Gasteiger partial charge in [0, 0.05) is 31.8 Å². The second-order valence-electron chi connectivity index (χ2n) is 4.34. The van der Waals surface area contributed by atoms with Gasteiger partial charge in [-0.2, -0.15) is 0 Å². The minimum atomic E-state index is -0.794. The Morgan fingerprint density at radius 3 is 2.82 bits per heavy atom. The second-order valence-corrected chi connectivity index (χ2v) is 4.34. The lowest BCUT2D eigenvalue weighted by molar-refractivity contribution is -0.145. The van der Waals surface area contributed by atoms with Crippen LogP contribution < -0.4 is 0 Å². The van der Waals surface area contributed by atoms with Gasteiger partial charge in [-0.05, 0) is 12.1 Å². The minimum Gasteiger partial charge on any atom is -0.481 e. The molecule has 5 nitrogen and oxygen atoms in total. The van der Waals surface area contributed by atoms with Gasteiger partial charge in [-0.25, -0.2) is 0 Å². The molecule has 17 heavy (non-hydrogen) atoms. The van der Waals surface area contributed by atoms with Crippen molar-refractivity contribution >= 4 is 11.9 Å². The molecule has 2 heterocycles. The van der Waals surface area contributed by atoms with Gasteiger partial charge in [0.05, 0.1) is 12.7 Å². The molecular weight excluding hydrogens is 222 g/mol. The first kappa shape index (κ1) is 11.7. The maximum Gasteiger partial charge on any atom is 0.303 e. The molecule has 1 aromatic heterocycles. The van der Waals surface area contributed by atoms with Crippen LogP contribution in [-0.4, -0.2) is 35.0 Å². The zero-order chi connectivity index (χ0) is 12.3. The summed E-state index contributed by atoms with van der Waals surface area (Å²) in [4.78, 5) is 23.8. The zero-order valence-corrected chi connectivity index (χ0v) is 9.46. The number of hydrogen-bond acceptors (Lipinski definition) is 3. The Labute approximate surface area is 99.0 Å². The predicted octanol–water partition coefficient (Wildman–Crippen LogP) is 1.15. The van der Waals surface area contributed by atoms with Crippen LogP contribution in [0.5, 0.6) is 0 Å². The molecule has 0 bridgehead atoms. The molecule has 1 aliphatic rings. The third kappa shape index (κ3) is 3.09. The van der Waals surface area contributed by atoms with Gasteiger partial charge in [0.2, 0.25) is 5.91 Å². The molecule has 5 heteroatoms. The molecule has 1 amide bonds. The number of aliphatic carboxylic acids is 1. The summed E-state index contributed by atoms with van der Waals surface area (Å²) in [6.07, 6.45) is 2.77. The standard InChI is InChI=1S/C12H15NO4/c14-11(4-3-10-2-1-5-17-10)13-7-9(8-13)6-12(15)16/h1-2,5,9H,3-4,6-8H2,(H,15,16). The number of hydrogen-bond donors (Lipinski definition) is 1. The maximum atomic E-state index is 11.7. The fourth-order valence-electron chi connectivity index (χ4n) is 1.99. The number of amides is 1. The van der Waals surface area contributed by atoms with E-state index in [4.69, 9.17) is 9.52 Å². The van der Waals surface area contributed by atoms with Crippen LogP contribution in [0.2, 0.25) is 0 Å². The lowest BCUT2D eigenvalue weighted by Gasteiger charge is -2.38. The molecule has 1 fully saturated rings. The summed E-state index contributed by atoms with van der Waals surface area (Å²) in [5.41, 5.74) is 0. The molecule has 0 atom stereocenters. The number of likely N-dealkylation sites (tertiary alicyclic amines) is 1. The minimum absolute atomic E-state index is 0.0723. The van der Waals surface area contributed by atoms with Gasteiger partial charge in [-0.1, -0.05) is 0 Å². The topological polar surface area (TPSA) is 70.8 Å². The summed E-state index contributed by atoms with van der Waals surface area (Å²) >= 11 is 0. The molecule has 1 saturated heterocycles. The number of furan rings is 1. The molecule has 0 aliphatic carbocycles. The molecular formula is C12H15NO4. The van der Waals surface area contributed by atoms with E-state index in [9.17, 15) is 9.59 Å². The van der Waals surface area contributed by atoms with Gasteiger partial charge in [-0.15, -0.1) is 0 Å². The van der Waals surface area contributed by atoms with Crippen LogP contribution in [-0.2, 0) is 16.0 Å². The molecule has 0 saturated carbocycles. The van der Waals surface area contributed by atoms with E-state index in [0.717, 1.165) is 5.76 Å². The molecule has 1 aliphatic heterocycles. The molecule has 0 aromatic carbocycles. The highest BCUT2D eigenvalue weighted by Gasteiger charge is 2.31. The van der Waals surface area contributed by atoms with Crippen molar-refractivity contribution in [2.24, 2.45) is 5.92 Å². The van der Waals surface area contributed by atoms with Crippen LogP contribution in [0.3, 0.4) is 0 Å². The largest absolute Gasteiger partial charge is 0.481 e. The van der Waals surface area contributed by atoms with Crippen molar-refractivity contribution in [1.29, 1.82) is 0 Å². The van der Waals surface area contributed by atoms with Crippen molar-refractivity contribution < 1.29 is 19.1 Å². The Hall–Kier alpha value is -1.78. The first-order chi connectivity index (χ1) is 8.15. The average molecular weight is 237 g/mol. The summed E-state index contributed by atoms with van der Waals surface area (Å²) in [6, 6.07) is 3.64. The Balaban J connectivity index is 1.67. The Kier molecular flexibility index (Phi) is 3.46. The van der Waals surface area contributed by atoms with Crippen LogP contribution in [0.25, 0.3) is 0 Å². The number of carbonyl (C=O) groups is 2. The highest BCUT2D eigenvalue weighted by molar-refractivity contribution is 5.77. The molecule has 1 aromatic rings.